The van der Waals surface area contributed by atoms with Crippen molar-refractivity contribution in [2.45, 2.75) is 23.8 Å². The Labute approximate surface area is 161 Å². The molecule has 0 amide bonds. The minimum absolute atomic E-state index is 0. The molecule has 0 saturated carbocycles. The van der Waals surface area contributed by atoms with Gasteiger partial charge in [0.05, 0.1) is 4.90 Å². The molecule has 0 radical (unpaired) electrons. The summed E-state index contributed by atoms with van der Waals surface area (Å²) in [6, 6.07) is 13.9. The summed E-state index contributed by atoms with van der Waals surface area (Å²) in [6.07, 6.45) is 2.33. The van der Waals surface area contributed by atoms with E-state index in [0.717, 1.165) is 49.8 Å². The summed E-state index contributed by atoms with van der Waals surface area (Å²) in [4.78, 5) is 2.87. The van der Waals surface area contributed by atoms with Gasteiger partial charge in [0, 0.05) is 32.2 Å². The first-order valence-electron chi connectivity index (χ1n) is 9.08. The van der Waals surface area contributed by atoms with Crippen molar-refractivity contribution < 1.29 is 8.42 Å². The van der Waals surface area contributed by atoms with E-state index in [-0.39, 0.29) is 12.4 Å². The van der Waals surface area contributed by atoms with Crippen LogP contribution in [0.15, 0.2) is 47.4 Å². The van der Waals surface area contributed by atoms with Crippen LogP contribution in [-0.2, 0) is 10.0 Å². The Kier molecular flexibility index (Phi) is 6.20. The average Bonchev–Trinajstić information content (AvgIpc) is 2.68. The number of piperazine rings is 1. The van der Waals surface area contributed by atoms with Gasteiger partial charge in [-0.25, -0.2) is 8.42 Å². The first-order chi connectivity index (χ1) is 12.1. The maximum absolute atomic E-state index is 13.0. The topological polar surface area (TPSA) is 52.7 Å². The van der Waals surface area contributed by atoms with Crippen molar-refractivity contribution in [3.63, 3.8) is 0 Å². The predicted octanol–water partition coefficient (Wildman–Crippen LogP) is 2.32. The molecule has 142 valence electrons. The molecule has 0 aliphatic carbocycles. The Morgan fingerprint density at radius 3 is 2.23 bits per heavy atom. The van der Waals surface area contributed by atoms with Gasteiger partial charge in [0.2, 0.25) is 10.0 Å². The van der Waals surface area contributed by atoms with E-state index < -0.39 is 10.0 Å². The van der Waals surface area contributed by atoms with E-state index >= 15 is 0 Å². The van der Waals surface area contributed by atoms with Crippen LogP contribution in [0.2, 0.25) is 0 Å². The standard InChI is InChI=1S/C19H25N3O2S.ClH/c23-25(24,19-6-5-16-3-1-2-4-17(16)15-19)22-13-11-21(12-14-22)18-7-9-20-10-8-18;/h1-6,15,18,20H,7-14H2;1H. The average molecular weight is 396 g/mol. The Morgan fingerprint density at radius 1 is 0.885 bits per heavy atom. The van der Waals surface area contributed by atoms with Gasteiger partial charge in [0.1, 0.15) is 0 Å². The Hall–Kier alpha value is -1.18. The molecule has 2 heterocycles. The number of sulfonamides is 1. The van der Waals surface area contributed by atoms with Crippen LogP contribution in [0, 0.1) is 0 Å². The number of nitrogens with zero attached hydrogens (tertiary/aromatic N) is 2. The van der Waals surface area contributed by atoms with Crippen molar-refractivity contribution in [2.75, 3.05) is 39.3 Å². The summed E-state index contributed by atoms with van der Waals surface area (Å²) in [7, 11) is -3.41. The van der Waals surface area contributed by atoms with Crippen LogP contribution in [0.25, 0.3) is 10.8 Å². The number of hydrogen-bond donors (Lipinski definition) is 1. The van der Waals surface area contributed by atoms with Gasteiger partial charge >= 0.3 is 0 Å². The number of halogens is 1. The second-order valence-electron chi connectivity index (χ2n) is 6.93. The monoisotopic (exact) mass is 395 g/mol. The third kappa shape index (κ3) is 3.89. The van der Waals surface area contributed by atoms with Crippen LogP contribution in [0.4, 0.5) is 0 Å². The lowest BCUT2D eigenvalue weighted by atomic mass is 10.0. The number of rotatable bonds is 3. The summed E-state index contributed by atoms with van der Waals surface area (Å²) in [6.45, 7) is 4.97. The molecule has 0 bridgehead atoms. The zero-order chi connectivity index (χ0) is 17.3. The second-order valence-corrected chi connectivity index (χ2v) is 8.87. The van der Waals surface area contributed by atoms with E-state index in [1.807, 2.05) is 30.3 Å². The van der Waals surface area contributed by atoms with Gasteiger partial charge in [0.25, 0.3) is 0 Å². The highest BCUT2D eigenvalue weighted by molar-refractivity contribution is 7.89. The predicted molar refractivity (Wildman–Crippen MR) is 107 cm³/mol. The summed E-state index contributed by atoms with van der Waals surface area (Å²) >= 11 is 0. The SMILES string of the molecule is Cl.O=S(=O)(c1ccc2ccccc2c1)N1CCN(C2CCNCC2)CC1. The lowest BCUT2D eigenvalue weighted by Gasteiger charge is -2.40. The molecular weight excluding hydrogens is 370 g/mol. The van der Waals surface area contributed by atoms with Crippen LogP contribution < -0.4 is 5.32 Å². The summed E-state index contributed by atoms with van der Waals surface area (Å²) in [5, 5.41) is 5.43. The molecular formula is C19H26ClN3O2S. The van der Waals surface area contributed by atoms with Crippen LogP contribution >= 0.6 is 12.4 Å². The molecule has 4 rings (SSSR count). The fourth-order valence-electron chi connectivity index (χ4n) is 3.96. The summed E-state index contributed by atoms with van der Waals surface area (Å²) in [5.74, 6) is 0. The van der Waals surface area contributed by atoms with Gasteiger partial charge in [-0.05, 0) is 48.8 Å². The van der Waals surface area contributed by atoms with Gasteiger partial charge in [-0.3, -0.25) is 4.90 Å². The molecule has 0 spiro atoms. The third-order valence-corrected chi connectivity index (χ3v) is 7.35. The van der Waals surface area contributed by atoms with E-state index in [2.05, 4.69) is 10.2 Å². The molecule has 2 fully saturated rings. The molecule has 1 N–H and O–H groups in total. The maximum atomic E-state index is 13.0. The van der Waals surface area contributed by atoms with E-state index in [1.54, 1.807) is 16.4 Å². The molecule has 0 atom stereocenters. The lowest BCUT2D eigenvalue weighted by Crippen LogP contribution is -2.53. The molecule has 2 aliphatic heterocycles. The van der Waals surface area contributed by atoms with Gasteiger partial charge in [-0.1, -0.05) is 30.3 Å². The van der Waals surface area contributed by atoms with Crippen LogP contribution in [-0.4, -0.2) is 62.9 Å². The van der Waals surface area contributed by atoms with Gasteiger partial charge < -0.3 is 5.32 Å². The van der Waals surface area contributed by atoms with Crippen LogP contribution in [0.1, 0.15) is 12.8 Å². The number of benzene rings is 2. The molecule has 26 heavy (non-hydrogen) atoms. The fourth-order valence-corrected chi connectivity index (χ4v) is 5.42. The maximum Gasteiger partial charge on any atom is 0.243 e. The molecule has 2 saturated heterocycles. The number of fused-ring (bicyclic) bond motifs is 1. The van der Waals surface area contributed by atoms with Crippen molar-refractivity contribution in [1.82, 2.24) is 14.5 Å². The van der Waals surface area contributed by atoms with Crippen molar-refractivity contribution in [2.24, 2.45) is 0 Å². The second kappa shape index (κ2) is 8.23. The quantitative estimate of drug-likeness (QED) is 0.866. The normalized spacial score (nSPS) is 20.8. The van der Waals surface area contributed by atoms with Crippen molar-refractivity contribution in [3.05, 3.63) is 42.5 Å². The molecule has 2 aromatic carbocycles. The molecule has 5 nitrogen and oxygen atoms in total. The zero-order valence-electron chi connectivity index (χ0n) is 14.8. The minimum atomic E-state index is -3.41. The Balaban J connectivity index is 0.00000196. The summed E-state index contributed by atoms with van der Waals surface area (Å²) < 4.78 is 27.7. The van der Waals surface area contributed by atoms with E-state index in [4.69, 9.17) is 0 Å². The number of nitrogens with one attached hydrogen (secondary N) is 1. The largest absolute Gasteiger partial charge is 0.317 e. The van der Waals surface area contributed by atoms with Gasteiger partial charge in [-0.15, -0.1) is 12.4 Å². The molecule has 0 unspecified atom stereocenters. The van der Waals surface area contributed by atoms with Crippen LogP contribution in [0.3, 0.4) is 0 Å². The minimum Gasteiger partial charge on any atom is -0.317 e. The molecule has 2 aromatic rings. The first-order valence-corrected chi connectivity index (χ1v) is 10.5. The summed E-state index contributed by atoms with van der Waals surface area (Å²) in [5.41, 5.74) is 0. The highest BCUT2D eigenvalue weighted by Gasteiger charge is 2.31. The van der Waals surface area contributed by atoms with E-state index in [1.165, 1.54) is 0 Å². The van der Waals surface area contributed by atoms with Crippen molar-refractivity contribution >= 4 is 33.2 Å². The Morgan fingerprint density at radius 2 is 1.54 bits per heavy atom. The zero-order valence-corrected chi connectivity index (χ0v) is 16.4. The third-order valence-electron chi connectivity index (χ3n) is 5.46. The Bertz CT molecular complexity index is 845. The van der Waals surface area contributed by atoms with Crippen LogP contribution in [0.5, 0.6) is 0 Å². The van der Waals surface area contributed by atoms with Crippen molar-refractivity contribution in [3.8, 4) is 0 Å². The smallest absolute Gasteiger partial charge is 0.243 e. The molecule has 7 heteroatoms. The van der Waals surface area contributed by atoms with Gasteiger partial charge in [0.15, 0.2) is 0 Å². The first kappa shape index (κ1) is 19.6. The molecule has 0 aromatic heterocycles. The fraction of sp³-hybridized carbons (Fsp3) is 0.474. The number of piperidine rings is 1. The highest BCUT2D eigenvalue weighted by atomic mass is 35.5. The lowest BCUT2D eigenvalue weighted by molar-refractivity contribution is 0.115. The van der Waals surface area contributed by atoms with E-state index in [0.29, 0.717) is 24.0 Å². The van der Waals surface area contributed by atoms with E-state index in [9.17, 15) is 8.42 Å². The number of hydrogen-bond acceptors (Lipinski definition) is 4. The van der Waals surface area contributed by atoms with Crippen molar-refractivity contribution in [1.29, 1.82) is 0 Å². The van der Waals surface area contributed by atoms with Gasteiger partial charge in [-0.2, -0.15) is 4.31 Å². The highest BCUT2D eigenvalue weighted by Crippen LogP contribution is 2.24. The molecule has 2 aliphatic rings.